The Balaban J connectivity index is 1.38. The van der Waals surface area contributed by atoms with Gasteiger partial charge in [0.25, 0.3) is 0 Å². The van der Waals surface area contributed by atoms with Crippen molar-refractivity contribution in [3.8, 4) is 22.5 Å². The molecule has 4 heterocycles. The van der Waals surface area contributed by atoms with Gasteiger partial charge in [0.05, 0.1) is 40.1 Å². The highest BCUT2D eigenvalue weighted by Crippen LogP contribution is 2.48. The molecule has 1 N–H and O–H groups in total. The number of hydrogen-bond acceptors (Lipinski definition) is 6. The monoisotopic (exact) mass is 454 g/mol. The number of carboxylic acid groups (broad SMARTS) is 1. The van der Waals surface area contributed by atoms with Crippen molar-refractivity contribution >= 4 is 5.97 Å². The van der Waals surface area contributed by atoms with Gasteiger partial charge in [-0.2, -0.15) is 5.10 Å². The van der Waals surface area contributed by atoms with E-state index in [1.807, 2.05) is 48.4 Å². The van der Waals surface area contributed by atoms with Gasteiger partial charge in [-0.25, -0.2) is 0 Å². The summed E-state index contributed by atoms with van der Waals surface area (Å²) in [7, 11) is 1.92. The molecule has 1 saturated carbocycles. The number of aliphatic carboxylic acids is 1. The molecular weight excluding hydrogens is 428 g/mol. The van der Waals surface area contributed by atoms with Gasteiger partial charge in [0.15, 0.2) is 0 Å². The molecule has 0 amide bonds. The molecule has 0 aliphatic heterocycles. The topological polar surface area (TPSA) is 107 Å². The molecule has 0 saturated heterocycles. The largest absolute Gasteiger partial charge is 0.481 e. The summed E-state index contributed by atoms with van der Waals surface area (Å²) in [5.74, 6) is -0.462. The first-order valence-electron chi connectivity index (χ1n) is 11.4. The normalized spacial score (nSPS) is 14.4. The number of aromatic nitrogens is 6. The lowest BCUT2D eigenvalue weighted by Crippen LogP contribution is -2.19. The van der Waals surface area contributed by atoms with Gasteiger partial charge in [0, 0.05) is 49.4 Å². The van der Waals surface area contributed by atoms with Gasteiger partial charge in [-0.05, 0) is 42.5 Å². The van der Waals surface area contributed by atoms with E-state index < -0.39 is 11.4 Å². The zero-order valence-electron chi connectivity index (χ0n) is 19.4. The smallest absolute Gasteiger partial charge is 0.314 e. The highest BCUT2D eigenvalue weighted by atomic mass is 16.4. The minimum absolute atomic E-state index is 0.314. The first-order chi connectivity index (χ1) is 16.4. The van der Waals surface area contributed by atoms with E-state index in [0.717, 1.165) is 45.2 Å². The molecule has 0 radical (unpaired) electrons. The number of aryl methyl sites for hydroxylation is 1. The van der Waals surface area contributed by atoms with Crippen LogP contribution in [0.3, 0.4) is 0 Å². The van der Waals surface area contributed by atoms with Gasteiger partial charge in [-0.3, -0.25) is 29.4 Å². The van der Waals surface area contributed by atoms with E-state index >= 15 is 0 Å². The predicted octanol–water partition coefficient (Wildman–Crippen LogP) is 4.16. The summed E-state index contributed by atoms with van der Waals surface area (Å²) in [6.07, 6.45) is 10.8. The SMILES string of the molecule is CC(C)c1cncc(Cc2c(-c3ccc(-c4ccc(C5(C(=O)O)CC5)cn4)cn3)cnn2C)n1. The fourth-order valence-electron chi connectivity index (χ4n) is 4.15. The van der Waals surface area contributed by atoms with Crippen LogP contribution in [-0.4, -0.2) is 40.8 Å². The predicted molar refractivity (Wildman–Crippen MR) is 127 cm³/mol. The fraction of sp³-hybridized carbons (Fsp3) is 0.308. The van der Waals surface area contributed by atoms with E-state index in [1.165, 1.54) is 0 Å². The van der Waals surface area contributed by atoms with E-state index in [4.69, 9.17) is 4.98 Å². The summed E-state index contributed by atoms with van der Waals surface area (Å²) < 4.78 is 1.85. The molecule has 1 aliphatic carbocycles. The van der Waals surface area contributed by atoms with Crippen LogP contribution >= 0.6 is 0 Å². The molecule has 1 aliphatic rings. The van der Waals surface area contributed by atoms with Crippen molar-refractivity contribution in [3.05, 3.63) is 77.9 Å². The molecule has 4 aromatic heterocycles. The highest BCUT2D eigenvalue weighted by Gasteiger charge is 2.51. The molecule has 5 rings (SSSR count). The van der Waals surface area contributed by atoms with Crippen LogP contribution < -0.4 is 0 Å². The molecule has 4 aromatic rings. The Labute approximate surface area is 197 Å². The van der Waals surface area contributed by atoms with Crippen molar-refractivity contribution in [2.45, 2.75) is 44.4 Å². The maximum Gasteiger partial charge on any atom is 0.314 e. The van der Waals surface area contributed by atoms with Crippen LogP contribution in [-0.2, 0) is 23.7 Å². The van der Waals surface area contributed by atoms with E-state index in [9.17, 15) is 9.90 Å². The van der Waals surface area contributed by atoms with Crippen molar-refractivity contribution in [2.24, 2.45) is 7.05 Å². The molecule has 0 spiro atoms. The lowest BCUT2D eigenvalue weighted by atomic mass is 9.97. The van der Waals surface area contributed by atoms with E-state index in [-0.39, 0.29) is 0 Å². The van der Waals surface area contributed by atoms with Crippen molar-refractivity contribution in [1.82, 2.24) is 29.7 Å². The minimum Gasteiger partial charge on any atom is -0.481 e. The van der Waals surface area contributed by atoms with Gasteiger partial charge in [0.2, 0.25) is 0 Å². The lowest BCUT2D eigenvalue weighted by molar-refractivity contribution is -0.140. The average molecular weight is 455 g/mol. The molecule has 0 bridgehead atoms. The Hall–Kier alpha value is -3.94. The van der Waals surface area contributed by atoms with Gasteiger partial charge in [-0.15, -0.1) is 0 Å². The molecule has 1 fully saturated rings. The Kier molecular flexibility index (Phi) is 5.43. The summed E-state index contributed by atoms with van der Waals surface area (Å²) in [5, 5.41) is 13.9. The van der Waals surface area contributed by atoms with Crippen LogP contribution in [0.25, 0.3) is 22.5 Å². The van der Waals surface area contributed by atoms with E-state index in [0.29, 0.717) is 25.2 Å². The maximum absolute atomic E-state index is 11.6. The summed E-state index contributed by atoms with van der Waals surface area (Å²) in [4.78, 5) is 29.8. The van der Waals surface area contributed by atoms with Gasteiger partial charge in [0.1, 0.15) is 0 Å². The van der Waals surface area contributed by atoms with Crippen LogP contribution in [0.2, 0.25) is 0 Å². The highest BCUT2D eigenvalue weighted by molar-refractivity contribution is 5.85. The summed E-state index contributed by atoms with van der Waals surface area (Å²) in [6, 6.07) is 7.67. The number of carboxylic acids is 1. The molecule has 8 nitrogen and oxygen atoms in total. The van der Waals surface area contributed by atoms with Crippen LogP contribution in [0.4, 0.5) is 0 Å². The third-order valence-electron chi connectivity index (χ3n) is 6.52. The van der Waals surface area contributed by atoms with Crippen molar-refractivity contribution in [1.29, 1.82) is 0 Å². The fourth-order valence-corrected chi connectivity index (χ4v) is 4.15. The summed E-state index contributed by atoms with van der Waals surface area (Å²) in [6.45, 7) is 4.21. The Morgan fingerprint density at radius 1 is 1.03 bits per heavy atom. The van der Waals surface area contributed by atoms with Crippen molar-refractivity contribution < 1.29 is 9.90 Å². The average Bonchev–Trinajstić information content (AvgIpc) is 3.59. The van der Waals surface area contributed by atoms with Crippen LogP contribution in [0, 0.1) is 0 Å². The molecule has 0 aromatic carbocycles. The number of rotatable bonds is 7. The van der Waals surface area contributed by atoms with E-state index in [2.05, 4.69) is 33.9 Å². The molecule has 8 heteroatoms. The number of hydrogen-bond donors (Lipinski definition) is 1. The van der Waals surface area contributed by atoms with Gasteiger partial charge in [-0.1, -0.05) is 19.9 Å². The first-order valence-corrected chi connectivity index (χ1v) is 11.4. The van der Waals surface area contributed by atoms with Crippen molar-refractivity contribution in [2.75, 3.05) is 0 Å². The lowest BCUT2D eigenvalue weighted by Gasteiger charge is -2.10. The molecule has 34 heavy (non-hydrogen) atoms. The Morgan fingerprint density at radius 3 is 2.41 bits per heavy atom. The van der Waals surface area contributed by atoms with E-state index in [1.54, 1.807) is 18.6 Å². The first kappa shape index (κ1) is 21.9. The summed E-state index contributed by atoms with van der Waals surface area (Å²) in [5.41, 5.74) is 6.30. The zero-order chi connectivity index (χ0) is 23.9. The number of pyridine rings is 2. The zero-order valence-corrected chi connectivity index (χ0v) is 19.4. The van der Waals surface area contributed by atoms with Gasteiger partial charge >= 0.3 is 5.97 Å². The van der Waals surface area contributed by atoms with Crippen LogP contribution in [0.15, 0.2) is 55.2 Å². The Bertz CT molecular complexity index is 1340. The standard InChI is InChI=1S/C26H26N6O2/c1-16(2)23-15-27-13-19(31-23)10-24-20(14-30-32(24)3)22-6-4-17(11-28-22)21-7-5-18(12-29-21)26(8-9-26)25(33)34/h4-7,11-16H,8-10H2,1-3H3,(H,33,34). The minimum atomic E-state index is -0.776. The second-order valence-electron chi connectivity index (χ2n) is 9.15. The Morgan fingerprint density at radius 2 is 1.79 bits per heavy atom. The molecule has 0 unspecified atom stereocenters. The molecule has 172 valence electrons. The second kappa shape index (κ2) is 8.44. The van der Waals surface area contributed by atoms with Crippen molar-refractivity contribution in [3.63, 3.8) is 0 Å². The third-order valence-corrected chi connectivity index (χ3v) is 6.52. The second-order valence-corrected chi connectivity index (χ2v) is 9.15. The number of carbonyl (C=O) groups is 1. The van der Waals surface area contributed by atoms with Crippen LogP contribution in [0.5, 0.6) is 0 Å². The third kappa shape index (κ3) is 3.96. The van der Waals surface area contributed by atoms with Gasteiger partial charge < -0.3 is 5.11 Å². The summed E-state index contributed by atoms with van der Waals surface area (Å²) >= 11 is 0. The molecule has 0 atom stereocenters. The number of nitrogens with zero attached hydrogens (tertiary/aromatic N) is 6. The van der Waals surface area contributed by atoms with Crippen LogP contribution in [0.1, 0.15) is 55.3 Å². The quantitative estimate of drug-likeness (QED) is 0.447. The molecular formula is C26H26N6O2. The maximum atomic E-state index is 11.6.